The molecule has 3 heteroatoms. The minimum Gasteiger partial charge on any atom is -0.495 e. The van der Waals surface area contributed by atoms with Gasteiger partial charge in [-0.3, -0.25) is 0 Å². The van der Waals surface area contributed by atoms with Crippen molar-refractivity contribution in [1.29, 1.82) is 0 Å². The second-order valence-electron chi connectivity index (χ2n) is 5.40. The Kier molecular flexibility index (Phi) is 3.31. The van der Waals surface area contributed by atoms with E-state index in [0.717, 1.165) is 22.6 Å². The van der Waals surface area contributed by atoms with Crippen molar-refractivity contribution < 1.29 is 4.74 Å². The predicted octanol–water partition coefficient (Wildman–Crippen LogP) is 5.14. The van der Waals surface area contributed by atoms with Crippen LogP contribution in [-0.4, -0.2) is 12.1 Å². The second-order valence-corrected chi connectivity index (χ2v) is 5.40. The van der Waals surface area contributed by atoms with Crippen LogP contribution in [-0.2, 0) is 0 Å². The average Bonchev–Trinajstić information content (AvgIpc) is 2.61. The molecule has 0 amide bonds. The van der Waals surface area contributed by atoms with E-state index < -0.39 is 0 Å². The van der Waals surface area contributed by atoms with Crippen molar-refractivity contribution in [2.24, 2.45) is 0 Å². The average molecular weight is 300 g/mol. The van der Waals surface area contributed by atoms with Crippen molar-refractivity contribution in [3.8, 4) is 5.75 Å². The monoisotopic (exact) mass is 300 g/mol. The highest BCUT2D eigenvalue weighted by atomic mass is 16.5. The maximum absolute atomic E-state index is 5.55. The van der Waals surface area contributed by atoms with Gasteiger partial charge in [-0.1, -0.05) is 36.4 Å². The number of ether oxygens (including phenoxy) is 1. The van der Waals surface area contributed by atoms with Crippen LogP contribution in [0.25, 0.3) is 21.5 Å². The Morgan fingerprint density at radius 3 is 2.35 bits per heavy atom. The van der Waals surface area contributed by atoms with Gasteiger partial charge in [0.25, 0.3) is 0 Å². The highest BCUT2D eigenvalue weighted by molar-refractivity contribution is 6.06. The molecule has 1 heterocycles. The number of pyridine rings is 1. The summed E-state index contributed by atoms with van der Waals surface area (Å²) in [6.45, 7) is 0. The molecule has 1 N–H and O–H groups in total. The van der Waals surface area contributed by atoms with E-state index >= 15 is 0 Å². The van der Waals surface area contributed by atoms with Crippen molar-refractivity contribution in [3.63, 3.8) is 0 Å². The lowest BCUT2D eigenvalue weighted by Gasteiger charge is -2.14. The van der Waals surface area contributed by atoms with Gasteiger partial charge in [-0.05, 0) is 46.5 Å². The van der Waals surface area contributed by atoms with Gasteiger partial charge in [0.15, 0.2) is 0 Å². The third kappa shape index (κ3) is 2.46. The third-order valence-electron chi connectivity index (χ3n) is 3.99. The van der Waals surface area contributed by atoms with Crippen LogP contribution in [0.2, 0.25) is 0 Å². The van der Waals surface area contributed by atoms with Crippen LogP contribution in [0, 0.1) is 0 Å². The van der Waals surface area contributed by atoms with E-state index in [0.29, 0.717) is 0 Å². The maximum Gasteiger partial charge on any atom is 0.143 e. The summed E-state index contributed by atoms with van der Waals surface area (Å²) in [6.07, 6.45) is 1.77. The molecule has 0 aliphatic heterocycles. The Labute approximate surface area is 134 Å². The topological polar surface area (TPSA) is 34.1 Å². The molecule has 0 fully saturated rings. The molecule has 4 rings (SSSR count). The van der Waals surface area contributed by atoms with Crippen molar-refractivity contribution >= 4 is 33.1 Å². The Hall–Kier alpha value is -3.07. The SMILES string of the molecule is COc1ccc2cc3ccccc3cc2c1Nc1ccccn1. The Morgan fingerprint density at radius 1 is 0.826 bits per heavy atom. The molecule has 0 spiro atoms. The quantitative estimate of drug-likeness (QED) is 0.532. The smallest absolute Gasteiger partial charge is 0.143 e. The van der Waals surface area contributed by atoms with E-state index in [1.807, 2.05) is 24.3 Å². The molecule has 3 aromatic carbocycles. The molecule has 4 aromatic rings. The van der Waals surface area contributed by atoms with Crippen molar-refractivity contribution in [2.45, 2.75) is 0 Å². The van der Waals surface area contributed by atoms with Crippen LogP contribution in [0.5, 0.6) is 5.75 Å². The number of nitrogens with zero attached hydrogens (tertiary/aromatic N) is 1. The number of benzene rings is 3. The van der Waals surface area contributed by atoms with Crippen molar-refractivity contribution in [3.05, 3.63) is 72.9 Å². The number of hydrogen-bond donors (Lipinski definition) is 1. The first kappa shape index (κ1) is 13.6. The van der Waals surface area contributed by atoms with Gasteiger partial charge in [0.1, 0.15) is 11.6 Å². The molecule has 0 saturated heterocycles. The highest BCUT2D eigenvalue weighted by Crippen LogP contribution is 2.37. The van der Waals surface area contributed by atoms with E-state index in [4.69, 9.17) is 4.74 Å². The minimum atomic E-state index is 0.798. The summed E-state index contributed by atoms with van der Waals surface area (Å²) in [5.41, 5.74) is 0.939. The van der Waals surface area contributed by atoms with E-state index in [1.165, 1.54) is 16.2 Å². The number of anilines is 2. The number of hydrogen-bond acceptors (Lipinski definition) is 3. The van der Waals surface area contributed by atoms with Gasteiger partial charge in [0, 0.05) is 11.6 Å². The molecule has 0 bridgehead atoms. The van der Waals surface area contributed by atoms with Crippen molar-refractivity contribution in [1.82, 2.24) is 4.98 Å². The molecule has 0 unspecified atom stereocenters. The summed E-state index contributed by atoms with van der Waals surface area (Å²) in [4.78, 5) is 4.35. The largest absolute Gasteiger partial charge is 0.495 e. The Bertz CT molecular complexity index is 981. The zero-order valence-electron chi connectivity index (χ0n) is 12.8. The van der Waals surface area contributed by atoms with Gasteiger partial charge in [0.05, 0.1) is 12.8 Å². The van der Waals surface area contributed by atoms with Gasteiger partial charge in [0.2, 0.25) is 0 Å². The van der Waals surface area contributed by atoms with Crippen LogP contribution in [0.1, 0.15) is 0 Å². The Balaban J connectivity index is 1.96. The fraction of sp³-hybridized carbons (Fsp3) is 0.0500. The molecular formula is C20H16N2O. The molecule has 112 valence electrons. The molecule has 1 aromatic heterocycles. The molecule has 0 radical (unpaired) electrons. The van der Waals surface area contributed by atoms with Crippen LogP contribution >= 0.6 is 0 Å². The lowest BCUT2D eigenvalue weighted by molar-refractivity contribution is 0.417. The maximum atomic E-state index is 5.55. The fourth-order valence-electron chi connectivity index (χ4n) is 2.86. The van der Waals surface area contributed by atoms with Gasteiger partial charge in [-0.15, -0.1) is 0 Å². The molecule has 0 aliphatic rings. The normalized spacial score (nSPS) is 10.8. The summed E-state index contributed by atoms with van der Waals surface area (Å²) in [5, 5.41) is 8.12. The summed E-state index contributed by atoms with van der Waals surface area (Å²) in [7, 11) is 1.69. The second kappa shape index (κ2) is 5.61. The Morgan fingerprint density at radius 2 is 1.61 bits per heavy atom. The number of fused-ring (bicyclic) bond motifs is 2. The number of rotatable bonds is 3. The van der Waals surface area contributed by atoms with Crippen LogP contribution < -0.4 is 10.1 Å². The van der Waals surface area contributed by atoms with Crippen LogP contribution in [0.15, 0.2) is 72.9 Å². The van der Waals surface area contributed by atoms with E-state index in [9.17, 15) is 0 Å². The fourth-order valence-corrected chi connectivity index (χ4v) is 2.86. The molecular weight excluding hydrogens is 284 g/mol. The molecule has 0 atom stereocenters. The van der Waals surface area contributed by atoms with Gasteiger partial charge in [-0.2, -0.15) is 0 Å². The number of aromatic nitrogens is 1. The van der Waals surface area contributed by atoms with Crippen molar-refractivity contribution in [2.75, 3.05) is 12.4 Å². The standard InChI is InChI=1S/C20H16N2O/c1-23-18-10-9-16-12-14-6-2-3-7-15(14)13-17(16)20(18)22-19-8-4-5-11-21-19/h2-13H,1H3,(H,21,22). The van der Waals surface area contributed by atoms with E-state index in [1.54, 1.807) is 13.3 Å². The molecule has 23 heavy (non-hydrogen) atoms. The summed E-state index contributed by atoms with van der Waals surface area (Å²) in [6, 6.07) is 22.6. The minimum absolute atomic E-state index is 0.798. The van der Waals surface area contributed by atoms with Gasteiger partial charge < -0.3 is 10.1 Å². The van der Waals surface area contributed by atoms with E-state index in [2.05, 4.69) is 52.8 Å². The number of methoxy groups -OCH3 is 1. The summed E-state index contributed by atoms with van der Waals surface area (Å²) < 4.78 is 5.55. The first-order valence-electron chi connectivity index (χ1n) is 7.53. The zero-order valence-corrected chi connectivity index (χ0v) is 12.8. The number of nitrogens with one attached hydrogen (secondary N) is 1. The molecule has 0 saturated carbocycles. The molecule has 0 aliphatic carbocycles. The summed E-state index contributed by atoms with van der Waals surface area (Å²) >= 11 is 0. The highest BCUT2D eigenvalue weighted by Gasteiger charge is 2.10. The predicted molar refractivity (Wildman–Crippen MR) is 95.5 cm³/mol. The van der Waals surface area contributed by atoms with E-state index in [-0.39, 0.29) is 0 Å². The van der Waals surface area contributed by atoms with Crippen LogP contribution in [0.3, 0.4) is 0 Å². The van der Waals surface area contributed by atoms with Gasteiger partial charge >= 0.3 is 0 Å². The zero-order chi connectivity index (χ0) is 15.6. The van der Waals surface area contributed by atoms with Gasteiger partial charge in [-0.25, -0.2) is 4.98 Å². The van der Waals surface area contributed by atoms with Crippen LogP contribution in [0.4, 0.5) is 11.5 Å². The molecule has 3 nitrogen and oxygen atoms in total. The first-order valence-corrected chi connectivity index (χ1v) is 7.53. The first-order chi connectivity index (χ1) is 11.3. The lowest BCUT2D eigenvalue weighted by Crippen LogP contribution is -1.97. The summed E-state index contributed by atoms with van der Waals surface area (Å²) in [5.74, 6) is 1.60. The third-order valence-corrected chi connectivity index (χ3v) is 3.99. The lowest BCUT2D eigenvalue weighted by atomic mass is 10.0.